The molecule has 0 fully saturated rings. The van der Waals surface area contributed by atoms with Crippen LogP contribution in [-0.2, 0) is 17.6 Å². The van der Waals surface area contributed by atoms with Crippen LogP contribution in [0.2, 0.25) is 0 Å². The third-order valence-corrected chi connectivity index (χ3v) is 4.91. The fourth-order valence-corrected chi connectivity index (χ4v) is 3.55. The van der Waals surface area contributed by atoms with E-state index in [9.17, 15) is 4.79 Å². The van der Waals surface area contributed by atoms with Crippen LogP contribution in [0.15, 0.2) is 48.9 Å². The number of carbonyl (C=O) groups is 1. The van der Waals surface area contributed by atoms with Crippen molar-refractivity contribution in [2.75, 3.05) is 12.4 Å². The number of ether oxygens (including phenoxy) is 1. The molecule has 0 unspecified atom stereocenters. The molecule has 2 aromatic heterocycles. The number of amides is 1. The van der Waals surface area contributed by atoms with Crippen molar-refractivity contribution in [1.82, 2.24) is 9.97 Å². The first-order valence-electron chi connectivity index (χ1n) is 8.41. The molecule has 0 saturated heterocycles. The Balaban J connectivity index is 1.54. The van der Waals surface area contributed by atoms with Gasteiger partial charge in [-0.15, -0.1) is 11.3 Å². The van der Waals surface area contributed by atoms with Gasteiger partial charge in [0.1, 0.15) is 5.75 Å². The molecule has 26 heavy (non-hydrogen) atoms. The molecule has 0 atom stereocenters. The minimum absolute atomic E-state index is 0.0324. The molecule has 0 aliphatic carbocycles. The maximum absolute atomic E-state index is 12.1. The zero-order chi connectivity index (χ0) is 18.4. The van der Waals surface area contributed by atoms with Crippen LogP contribution < -0.4 is 10.1 Å². The van der Waals surface area contributed by atoms with Gasteiger partial charge in [0.2, 0.25) is 5.91 Å². The van der Waals surface area contributed by atoms with E-state index in [1.807, 2.05) is 31.3 Å². The third kappa shape index (κ3) is 4.89. The van der Waals surface area contributed by atoms with E-state index in [-0.39, 0.29) is 5.91 Å². The highest BCUT2D eigenvalue weighted by Gasteiger charge is 2.08. The number of hydrogen-bond acceptors (Lipinski definition) is 5. The molecular weight excluding hydrogens is 346 g/mol. The van der Waals surface area contributed by atoms with Gasteiger partial charge in [0, 0.05) is 36.3 Å². The van der Waals surface area contributed by atoms with Gasteiger partial charge in [-0.3, -0.25) is 9.78 Å². The predicted molar refractivity (Wildman–Crippen MR) is 104 cm³/mol. The Hall–Kier alpha value is -2.73. The van der Waals surface area contributed by atoms with Crippen LogP contribution in [0.25, 0.3) is 0 Å². The quantitative estimate of drug-likeness (QED) is 0.685. The molecule has 134 valence electrons. The van der Waals surface area contributed by atoms with Crippen molar-refractivity contribution in [2.24, 2.45) is 0 Å². The number of benzene rings is 1. The van der Waals surface area contributed by atoms with Crippen LogP contribution in [0.4, 0.5) is 5.13 Å². The minimum Gasteiger partial charge on any atom is -0.496 e. The second-order valence-electron chi connectivity index (χ2n) is 6.02. The number of pyridine rings is 1. The van der Waals surface area contributed by atoms with Crippen molar-refractivity contribution in [1.29, 1.82) is 0 Å². The lowest BCUT2D eigenvalue weighted by atomic mass is 10.1. The van der Waals surface area contributed by atoms with Gasteiger partial charge in [-0.2, -0.15) is 0 Å². The average molecular weight is 367 g/mol. The van der Waals surface area contributed by atoms with Crippen molar-refractivity contribution < 1.29 is 9.53 Å². The van der Waals surface area contributed by atoms with E-state index in [4.69, 9.17) is 4.74 Å². The first kappa shape index (κ1) is 18.1. The largest absolute Gasteiger partial charge is 0.496 e. The number of nitrogens with one attached hydrogen (secondary N) is 1. The molecule has 5 nitrogen and oxygen atoms in total. The number of anilines is 1. The first-order chi connectivity index (χ1) is 12.6. The van der Waals surface area contributed by atoms with Gasteiger partial charge in [0.15, 0.2) is 5.13 Å². The SMILES string of the molecule is COc1ccc(Cc2cnc(NC(=O)CCc3cccnc3)s2)cc1C. The number of nitrogens with zero attached hydrogens (tertiary/aromatic N) is 2. The number of aryl methyl sites for hydroxylation is 2. The van der Waals surface area contributed by atoms with Crippen LogP contribution in [0.1, 0.15) is 28.0 Å². The summed E-state index contributed by atoms with van der Waals surface area (Å²) in [6, 6.07) is 10.00. The topological polar surface area (TPSA) is 64.1 Å². The summed E-state index contributed by atoms with van der Waals surface area (Å²) in [6.45, 7) is 2.03. The summed E-state index contributed by atoms with van der Waals surface area (Å²) < 4.78 is 5.29. The Kier molecular flexibility index (Phi) is 5.96. The zero-order valence-corrected chi connectivity index (χ0v) is 15.7. The molecule has 3 aromatic rings. The van der Waals surface area contributed by atoms with Crippen LogP contribution in [0.5, 0.6) is 5.75 Å². The summed E-state index contributed by atoms with van der Waals surface area (Å²) in [6.07, 6.45) is 7.20. The Morgan fingerprint density at radius 3 is 2.85 bits per heavy atom. The van der Waals surface area contributed by atoms with E-state index in [0.29, 0.717) is 18.0 Å². The molecule has 0 radical (unpaired) electrons. The molecule has 0 aliphatic heterocycles. The average Bonchev–Trinajstić information content (AvgIpc) is 3.08. The van der Waals surface area contributed by atoms with Crippen molar-refractivity contribution >= 4 is 22.4 Å². The fourth-order valence-electron chi connectivity index (χ4n) is 2.68. The smallest absolute Gasteiger partial charge is 0.226 e. The number of hydrogen-bond donors (Lipinski definition) is 1. The maximum atomic E-state index is 12.1. The Bertz CT molecular complexity index is 878. The lowest BCUT2D eigenvalue weighted by Gasteiger charge is -2.06. The van der Waals surface area contributed by atoms with Gasteiger partial charge in [-0.25, -0.2) is 4.98 Å². The van der Waals surface area contributed by atoms with Crippen LogP contribution in [0.3, 0.4) is 0 Å². The van der Waals surface area contributed by atoms with Gasteiger partial charge < -0.3 is 10.1 Å². The maximum Gasteiger partial charge on any atom is 0.226 e. The molecule has 1 N–H and O–H groups in total. The molecule has 1 aromatic carbocycles. The zero-order valence-electron chi connectivity index (χ0n) is 14.9. The van der Waals surface area contributed by atoms with Crippen LogP contribution in [0, 0.1) is 6.92 Å². The summed E-state index contributed by atoms with van der Waals surface area (Å²) >= 11 is 1.51. The molecule has 0 saturated carbocycles. The van der Waals surface area contributed by atoms with Gasteiger partial charge in [0.25, 0.3) is 0 Å². The van der Waals surface area contributed by atoms with E-state index in [1.54, 1.807) is 19.5 Å². The van der Waals surface area contributed by atoms with Gasteiger partial charge in [-0.05, 0) is 42.2 Å². The summed E-state index contributed by atoms with van der Waals surface area (Å²) in [4.78, 5) is 21.6. The predicted octanol–water partition coefficient (Wildman–Crippen LogP) is 4.02. The molecule has 0 aliphatic rings. The van der Waals surface area contributed by atoms with E-state index in [2.05, 4.69) is 27.4 Å². The monoisotopic (exact) mass is 367 g/mol. The molecule has 0 spiro atoms. The lowest BCUT2D eigenvalue weighted by Crippen LogP contribution is -2.12. The second kappa shape index (κ2) is 8.58. The lowest BCUT2D eigenvalue weighted by molar-refractivity contribution is -0.116. The first-order valence-corrected chi connectivity index (χ1v) is 9.22. The van der Waals surface area contributed by atoms with Crippen LogP contribution in [-0.4, -0.2) is 23.0 Å². The van der Waals surface area contributed by atoms with Crippen molar-refractivity contribution in [2.45, 2.75) is 26.2 Å². The Morgan fingerprint density at radius 2 is 2.12 bits per heavy atom. The van der Waals surface area contributed by atoms with E-state index in [1.165, 1.54) is 16.9 Å². The summed E-state index contributed by atoms with van der Waals surface area (Å²) in [5.41, 5.74) is 3.36. The highest BCUT2D eigenvalue weighted by molar-refractivity contribution is 7.15. The molecular formula is C20H21N3O2S. The van der Waals surface area contributed by atoms with Gasteiger partial charge >= 0.3 is 0 Å². The number of methoxy groups -OCH3 is 1. The number of thiazole rings is 1. The van der Waals surface area contributed by atoms with Gasteiger partial charge in [-0.1, -0.05) is 18.2 Å². The molecule has 3 rings (SSSR count). The van der Waals surface area contributed by atoms with Gasteiger partial charge in [0.05, 0.1) is 7.11 Å². The van der Waals surface area contributed by atoms with Crippen molar-refractivity contribution in [3.8, 4) is 5.75 Å². The number of rotatable bonds is 7. The highest BCUT2D eigenvalue weighted by atomic mass is 32.1. The van der Waals surface area contributed by atoms with E-state index in [0.717, 1.165) is 28.2 Å². The molecule has 0 bridgehead atoms. The van der Waals surface area contributed by atoms with E-state index < -0.39 is 0 Å². The molecule has 6 heteroatoms. The van der Waals surface area contributed by atoms with Crippen LogP contribution >= 0.6 is 11.3 Å². The molecule has 1 amide bonds. The van der Waals surface area contributed by atoms with E-state index >= 15 is 0 Å². The summed E-state index contributed by atoms with van der Waals surface area (Å²) in [5.74, 6) is 0.856. The molecule has 2 heterocycles. The number of aromatic nitrogens is 2. The Labute approximate surface area is 157 Å². The minimum atomic E-state index is -0.0324. The Morgan fingerprint density at radius 1 is 1.23 bits per heavy atom. The fraction of sp³-hybridized carbons (Fsp3) is 0.250. The standard InChI is InChI=1S/C20H21N3O2S/c1-14-10-16(5-7-18(14)25-2)11-17-13-22-20(26-17)23-19(24)8-6-15-4-3-9-21-12-15/h3-5,7,9-10,12-13H,6,8,11H2,1-2H3,(H,22,23,24). The number of carbonyl (C=O) groups excluding carboxylic acids is 1. The van der Waals surface area contributed by atoms with Crippen molar-refractivity contribution in [3.63, 3.8) is 0 Å². The highest BCUT2D eigenvalue weighted by Crippen LogP contribution is 2.24. The normalized spacial score (nSPS) is 10.5. The third-order valence-electron chi connectivity index (χ3n) is 4.00. The second-order valence-corrected chi connectivity index (χ2v) is 7.14. The van der Waals surface area contributed by atoms with Crippen molar-refractivity contribution in [3.05, 3.63) is 70.5 Å². The summed E-state index contributed by atoms with van der Waals surface area (Å²) in [5, 5.41) is 3.52. The summed E-state index contributed by atoms with van der Waals surface area (Å²) in [7, 11) is 1.68.